The number of benzene rings is 2. The smallest absolute Gasteiger partial charge is 0.339 e. The number of amides is 1. The maximum atomic E-state index is 13.0. The molecule has 1 aromatic heterocycles. The summed E-state index contributed by atoms with van der Waals surface area (Å²) in [5.41, 5.74) is 11.7. The lowest BCUT2D eigenvalue weighted by atomic mass is 9.85. The van der Waals surface area contributed by atoms with Gasteiger partial charge in [-0.2, -0.15) is 0 Å². The number of nitrogens with zero attached hydrogens (tertiary/aromatic N) is 1. The van der Waals surface area contributed by atoms with Crippen LogP contribution < -0.4 is 5.73 Å². The summed E-state index contributed by atoms with van der Waals surface area (Å²) in [6.07, 6.45) is 4.68. The lowest BCUT2D eigenvalue weighted by molar-refractivity contribution is -0.121. The fourth-order valence-electron chi connectivity index (χ4n) is 4.20. The second-order valence-electron chi connectivity index (χ2n) is 9.27. The quantitative estimate of drug-likeness (QED) is 0.590. The molecule has 0 saturated carbocycles. The van der Waals surface area contributed by atoms with Gasteiger partial charge in [-0.1, -0.05) is 63.2 Å². The van der Waals surface area contributed by atoms with Gasteiger partial charge in [0.05, 0.1) is 16.8 Å². The van der Waals surface area contributed by atoms with Gasteiger partial charge in [0, 0.05) is 5.39 Å². The lowest BCUT2D eigenvalue weighted by Crippen LogP contribution is -2.22. The van der Waals surface area contributed by atoms with E-state index in [1.54, 1.807) is 0 Å². The summed E-state index contributed by atoms with van der Waals surface area (Å²) in [5, 5.41) is 0.733. The average Bonchev–Trinajstić information content (AvgIpc) is 2.76. The van der Waals surface area contributed by atoms with E-state index in [0.29, 0.717) is 5.56 Å². The molecule has 0 aliphatic heterocycles. The number of hydrogen-bond acceptors (Lipinski definition) is 4. The number of aromatic nitrogens is 1. The average molecular weight is 429 g/mol. The van der Waals surface area contributed by atoms with Crippen molar-refractivity contribution < 1.29 is 14.3 Å². The third kappa shape index (κ3) is 4.42. The van der Waals surface area contributed by atoms with Gasteiger partial charge < -0.3 is 10.5 Å². The molecule has 0 radical (unpaired) electrons. The van der Waals surface area contributed by atoms with E-state index in [4.69, 9.17) is 15.5 Å². The molecule has 1 aliphatic rings. The van der Waals surface area contributed by atoms with Crippen molar-refractivity contribution in [2.45, 2.75) is 45.4 Å². The highest BCUT2D eigenvalue weighted by Crippen LogP contribution is 2.36. The highest BCUT2D eigenvalue weighted by atomic mass is 16.5. The number of hydrogen-bond donors (Lipinski definition) is 1. The molecule has 1 aliphatic carbocycles. The van der Waals surface area contributed by atoms with Crippen LogP contribution in [0, 0.1) is 0 Å². The van der Waals surface area contributed by atoms with Crippen molar-refractivity contribution in [3.8, 4) is 0 Å². The third-order valence-electron chi connectivity index (χ3n) is 5.84. The SMILES string of the molecule is CC(C)(C)c1ccc(C=C2CCCc3c2nc2ccccc2c3C(=O)OCC(N)=O)cc1. The second kappa shape index (κ2) is 8.58. The van der Waals surface area contributed by atoms with Gasteiger partial charge in [0.25, 0.3) is 5.91 Å². The molecular formula is C27H28N2O3. The van der Waals surface area contributed by atoms with E-state index in [1.807, 2.05) is 24.3 Å². The van der Waals surface area contributed by atoms with E-state index in [-0.39, 0.29) is 5.41 Å². The molecular weight excluding hydrogens is 400 g/mol. The van der Waals surface area contributed by atoms with Gasteiger partial charge in [0.1, 0.15) is 0 Å². The molecule has 4 rings (SSSR count). The van der Waals surface area contributed by atoms with Crippen molar-refractivity contribution in [3.63, 3.8) is 0 Å². The summed E-state index contributed by atoms with van der Waals surface area (Å²) >= 11 is 0. The van der Waals surface area contributed by atoms with Crippen LogP contribution in [0.25, 0.3) is 22.6 Å². The van der Waals surface area contributed by atoms with Crippen molar-refractivity contribution in [1.82, 2.24) is 4.98 Å². The number of allylic oxidation sites excluding steroid dienone is 1. The summed E-state index contributed by atoms with van der Waals surface area (Å²) in [6.45, 7) is 6.16. The Morgan fingerprint density at radius 1 is 1.06 bits per heavy atom. The highest BCUT2D eigenvalue weighted by Gasteiger charge is 2.26. The summed E-state index contributed by atoms with van der Waals surface area (Å²) in [7, 11) is 0. The molecule has 5 nitrogen and oxygen atoms in total. The predicted molar refractivity (Wildman–Crippen MR) is 127 cm³/mol. The number of rotatable bonds is 4. The Morgan fingerprint density at radius 3 is 2.47 bits per heavy atom. The summed E-state index contributed by atoms with van der Waals surface area (Å²) in [5.74, 6) is -1.21. The number of carbonyl (C=O) groups excluding carboxylic acids is 2. The van der Waals surface area contributed by atoms with Gasteiger partial charge in [-0.3, -0.25) is 4.79 Å². The molecule has 1 amide bonds. The first-order chi connectivity index (χ1) is 15.2. The minimum absolute atomic E-state index is 0.101. The van der Waals surface area contributed by atoms with E-state index >= 15 is 0 Å². The minimum Gasteiger partial charge on any atom is -0.452 e. The van der Waals surface area contributed by atoms with E-state index in [2.05, 4.69) is 51.1 Å². The van der Waals surface area contributed by atoms with Crippen molar-refractivity contribution in [3.05, 3.63) is 76.5 Å². The van der Waals surface area contributed by atoms with Crippen molar-refractivity contribution in [1.29, 1.82) is 0 Å². The Balaban J connectivity index is 1.81. The van der Waals surface area contributed by atoms with Crippen molar-refractivity contribution in [2.24, 2.45) is 5.73 Å². The van der Waals surface area contributed by atoms with Gasteiger partial charge >= 0.3 is 5.97 Å². The Bertz CT molecular complexity index is 1220. The van der Waals surface area contributed by atoms with Crippen LogP contribution in [0.4, 0.5) is 0 Å². The zero-order valence-electron chi connectivity index (χ0n) is 18.8. The zero-order valence-corrected chi connectivity index (χ0v) is 18.8. The topological polar surface area (TPSA) is 82.3 Å². The summed E-state index contributed by atoms with van der Waals surface area (Å²) in [4.78, 5) is 29.0. The maximum absolute atomic E-state index is 13.0. The third-order valence-corrected chi connectivity index (χ3v) is 5.84. The molecule has 1 heterocycles. The van der Waals surface area contributed by atoms with E-state index in [9.17, 15) is 9.59 Å². The van der Waals surface area contributed by atoms with E-state index in [0.717, 1.165) is 52.6 Å². The monoisotopic (exact) mass is 428 g/mol. The van der Waals surface area contributed by atoms with E-state index in [1.165, 1.54) is 5.56 Å². The number of primary amides is 1. The van der Waals surface area contributed by atoms with Gasteiger partial charge in [0.15, 0.2) is 6.61 Å². The predicted octanol–water partition coefficient (Wildman–Crippen LogP) is 5.05. The summed E-state index contributed by atoms with van der Waals surface area (Å²) < 4.78 is 5.20. The highest BCUT2D eigenvalue weighted by molar-refractivity contribution is 6.07. The molecule has 2 aromatic carbocycles. The standard InChI is InChI=1S/C27H28N2O3/c1-27(2,3)19-13-11-17(12-14-19)15-18-7-6-9-21-24(26(31)32-16-23(28)30)20-8-4-5-10-22(20)29-25(18)21/h4-5,8,10-15H,6-7,9,16H2,1-3H3,(H2,28,30). The number of carbonyl (C=O) groups is 2. The number of fused-ring (bicyclic) bond motifs is 2. The Kier molecular flexibility index (Phi) is 5.83. The first-order valence-electron chi connectivity index (χ1n) is 10.9. The van der Waals surface area contributed by atoms with Gasteiger partial charge in [0.2, 0.25) is 0 Å². The summed E-state index contributed by atoms with van der Waals surface area (Å²) in [6, 6.07) is 16.1. The normalized spacial score (nSPS) is 14.9. The van der Waals surface area contributed by atoms with Crippen molar-refractivity contribution >= 4 is 34.4 Å². The number of para-hydroxylation sites is 1. The Hall–Kier alpha value is -3.47. The molecule has 164 valence electrons. The lowest BCUT2D eigenvalue weighted by Gasteiger charge is -2.22. The number of esters is 1. The molecule has 0 spiro atoms. The maximum Gasteiger partial charge on any atom is 0.339 e. The van der Waals surface area contributed by atoms with Crippen LogP contribution in [0.5, 0.6) is 0 Å². The number of nitrogens with two attached hydrogens (primary N) is 1. The largest absolute Gasteiger partial charge is 0.452 e. The first kappa shape index (κ1) is 21.8. The first-order valence-corrected chi connectivity index (χ1v) is 10.9. The van der Waals surface area contributed by atoms with Gasteiger partial charge in [-0.15, -0.1) is 0 Å². The second-order valence-corrected chi connectivity index (χ2v) is 9.27. The van der Waals surface area contributed by atoms with Crippen LogP contribution in [0.1, 0.15) is 66.4 Å². The van der Waals surface area contributed by atoms with Crippen LogP contribution in [0.2, 0.25) is 0 Å². The van der Waals surface area contributed by atoms with E-state index < -0.39 is 18.5 Å². The fourth-order valence-corrected chi connectivity index (χ4v) is 4.20. The molecule has 0 atom stereocenters. The molecule has 0 unspecified atom stereocenters. The Morgan fingerprint density at radius 2 is 1.78 bits per heavy atom. The fraction of sp³-hybridized carbons (Fsp3) is 0.296. The molecule has 2 N–H and O–H groups in total. The molecule has 3 aromatic rings. The molecule has 0 bridgehead atoms. The molecule has 0 saturated heterocycles. The Labute approximate surface area is 188 Å². The van der Waals surface area contributed by atoms with Crippen LogP contribution in [0.3, 0.4) is 0 Å². The number of pyridine rings is 1. The minimum atomic E-state index is -0.676. The molecule has 0 fully saturated rings. The molecule has 32 heavy (non-hydrogen) atoms. The zero-order chi connectivity index (χ0) is 22.9. The van der Waals surface area contributed by atoms with Gasteiger partial charge in [-0.25, -0.2) is 9.78 Å². The molecule has 5 heteroatoms. The van der Waals surface area contributed by atoms with Crippen LogP contribution in [-0.4, -0.2) is 23.5 Å². The van der Waals surface area contributed by atoms with Gasteiger partial charge in [-0.05, 0) is 59.1 Å². The van der Waals surface area contributed by atoms with Crippen LogP contribution in [0.15, 0.2) is 48.5 Å². The van der Waals surface area contributed by atoms with Crippen LogP contribution in [-0.2, 0) is 21.4 Å². The van der Waals surface area contributed by atoms with Crippen molar-refractivity contribution in [2.75, 3.05) is 6.61 Å². The number of ether oxygens (including phenoxy) is 1. The van der Waals surface area contributed by atoms with Crippen LogP contribution >= 0.6 is 0 Å².